The van der Waals surface area contributed by atoms with Crippen LogP contribution in [0, 0.1) is 12.3 Å². The summed E-state index contributed by atoms with van der Waals surface area (Å²) in [7, 11) is 0. The quantitative estimate of drug-likeness (QED) is 0.781. The van der Waals surface area contributed by atoms with E-state index in [0.29, 0.717) is 0 Å². The van der Waals surface area contributed by atoms with E-state index in [1.165, 1.54) is 0 Å². The average molecular weight is 215 g/mol. The lowest BCUT2D eigenvalue weighted by molar-refractivity contribution is 0.321. The first-order valence-electron chi connectivity index (χ1n) is 4.60. The van der Waals surface area contributed by atoms with Crippen molar-refractivity contribution < 1.29 is 0 Å². The van der Waals surface area contributed by atoms with Crippen molar-refractivity contribution in [2.24, 2.45) is 11.1 Å². The second-order valence-corrected chi connectivity index (χ2v) is 4.55. The SMILES string of the molecule is Cc1cccc([C@H](N)C(C)(C)C)n1.Cl. The van der Waals surface area contributed by atoms with Gasteiger partial charge in [-0.2, -0.15) is 0 Å². The van der Waals surface area contributed by atoms with Gasteiger partial charge in [-0.05, 0) is 24.5 Å². The van der Waals surface area contributed by atoms with E-state index in [9.17, 15) is 0 Å². The second kappa shape index (κ2) is 4.76. The van der Waals surface area contributed by atoms with Gasteiger partial charge >= 0.3 is 0 Å². The summed E-state index contributed by atoms with van der Waals surface area (Å²) >= 11 is 0. The summed E-state index contributed by atoms with van der Waals surface area (Å²) in [5.41, 5.74) is 8.15. The maximum absolute atomic E-state index is 6.08. The first kappa shape index (κ1) is 13.4. The van der Waals surface area contributed by atoms with Crippen LogP contribution in [0.2, 0.25) is 0 Å². The molecular formula is C11H19ClN2. The van der Waals surface area contributed by atoms with Crippen molar-refractivity contribution in [3.05, 3.63) is 29.6 Å². The minimum atomic E-state index is 0. The van der Waals surface area contributed by atoms with Crippen LogP contribution in [0.3, 0.4) is 0 Å². The van der Waals surface area contributed by atoms with Crippen LogP contribution in [0.5, 0.6) is 0 Å². The zero-order valence-corrected chi connectivity index (χ0v) is 10.1. The summed E-state index contributed by atoms with van der Waals surface area (Å²) in [6.45, 7) is 8.36. The molecule has 1 heterocycles. The van der Waals surface area contributed by atoms with Gasteiger partial charge in [0.05, 0.1) is 11.7 Å². The van der Waals surface area contributed by atoms with Gasteiger partial charge in [-0.1, -0.05) is 26.8 Å². The average Bonchev–Trinajstić information content (AvgIpc) is 2.01. The standard InChI is InChI=1S/C11H18N2.ClH/c1-8-6-5-7-9(13-8)10(12)11(2,3)4;/h5-7,10H,12H2,1-4H3;1H/t10-;/m0./s1. The first-order chi connectivity index (χ1) is 5.91. The summed E-state index contributed by atoms with van der Waals surface area (Å²) in [5.74, 6) is 0. The molecule has 0 fully saturated rings. The van der Waals surface area contributed by atoms with Crippen LogP contribution in [0.4, 0.5) is 0 Å². The van der Waals surface area contributed by atoms with Gasteiger partial charge in [-0.15, -0.1) is 12.4 Å². The van der Waals surface area contributed by atoms with E-state index in [1.54, 1.807) is 0 Å². The smallest absolute Gasteiger partial charge is 0.0579 e. The molecule has 0 spiro atoms. The molecule has 0 saturated heterocycles. The van der Waals surface area contributed by atoms with E-state index >= 15 is 0 Å². The first-order valence-corrected chi connectivity index (χ1v) is 4.60. The van der Waals surface area contributed by atoms with Crippen LogP contribution in [-0.4, -0.2) is 4.98 Å². The van der Waals surface area contributed by atoms with E-state index < -0.39 is 0 Å². The molecule has 1 aromatic heterocycles. The third kappa shape index (κ3) is 3.28. The molecule has 1 rings (SSSR count). The Morgan fingerprint density at radius 2 is 1.86 bits per heavy atom. The van der Waals surface area contributed by atoms with Crippen molar-refractivity contribution in [3.63, 3.8) is 0 Å². The largest absolute Gasteiger partial charge is 0.322 e. The Kier molecular flexibility index (Phi) is 4.56. The molecule has 0 unspecified atom stereocenters. The fourth-order valence-electron chi connectivity index (χ4n) is 1.18. The minimum absolute atomic E-state index is 0. The maximum atomic E-state index is 6.08. The van der Waals surface area contributed by atoms with Crippen molar-refractivity contribution in [1.82, 2.24) is 4.98 Å². The summed E-state index contributed by atoms with van der Waals surface area (Å²) in [5, 5.41) is 0. The molecule has 1 aromatic rings. The van der Waals surface area contributed by atoms with E-state index in [0.717, 1.165) is 11.4 Å². The molecule has 0 bridgehead atoms. The Bertz CT molecular complexity index is 292. The molecule has 1 atom stereocenters. The molecule has 0 aliphatic carbocycles. The van der Waals surface area contributed by atoms with Gasteiger partial charge in [0.15, 0.2) is 0 Å². The van der Waals surface area contributed by atoms with E-state index in [4.69, 9.17) is 5.73 Å². The topological polar surface area (TPSA) is 38.9 Å². The molecule has 0 aromatic carbocycles. The number of nitrogens with zero attached hydrogens (tertiary/aromatic N) is 1. The third-order valence-electron chi connectivity index (χ3n) is 2.16. The Labute approximate surface area is 92.3 Å². The molecular weight excluding hydrogens is 196 g/mol. The van der Waals surface area contributed by atoms with Gasteiger partial charge in [0.25, 0.3) is 0 Å². The number of hydrogen-bond acceptors (Lipinski definition) is 2. The van der Waals surface area contributed by atoms with E-state index in [-0.39, 0.29) is 23.9 Å². The van der Waals surface area contributed by atoms with Crippen LogP contribution >= 0.6 is 12.4 Å². The fourth-order valence-corrected chi connectivity index (χ4v) is 1.18. The monoisotopic (exact) mass is 214 g/mol. The lowest BCUT2D eigenvalue weighted by Gasteiger charge is -2.26. The predicted octanol–water partition coefficient (Wildman–Crippen LogP) is 2.86. The molecule has 2 nitrogen and oxygen atoms in total. The Morgan fingerprint density at radius 3 is 2.29 bits per heavy atom. The molecule has 0 saturated carbocycles. The summed E-state index contributed by atoms with van der Waals surface area (Å²) in [6.07, 6.45) is 0. The zero-order valence-electron chi connectivity index (χ0n) is 9.24. The Morgan fingerprint density at radius 1 is 1.29 bits per heavy atom. The summed E-state index contributed by atoms with van der Waals surface area (Å²) in [6, 6.07) is 5.98. The van der Waals surface area contributed by atoms with Crippen LogP contribution in [0.25, 0.3) is 0 Å². The summed E-state index contributed by atoms with van der Waals surface area (Å²) < 4.78 is 0. The van der Waals surface area contributed by atoms with Crippen LogP contribution in [0.15, 0.2) is 18.2 Å². The van der Waals surface area contributed by atoms with Crippen LogP contribution < -0.4 is 5.73 Å². The fraction of sp³-hybridized carbons (Fsp3) is 0.545. The highest BCUT2D eigenvalue weighted by molar-refractivity contribution is 5.85. The maximum Gasteiger partial charge on any atom is 0.0579 e. The van der Waals surface area contributed by atoms with Crippen LogP contribution in [0.1, 0.15) is 38.2 Å². The number of halogens is 1. The second-order valence-electron chi connectivity index (χ2n) is 4.55. The number of nitrogens with two attached hydrogens (primary N) is 1. The molecule has 2 N–H and O–H groups in total. The lowest BCUT2D eigenvalue weighted by Crippen LogP contribution is -2.27. The van der Waals surface area contributed by atoms with Gasteiger partial charge in [-0.3, -0.25) is 4.98 Å². The highest BCUT2D eigenvalue weighted by atomic mass is 35.5. The normalized spacial score (nSPS) is 13.2. The molecule has 0 aliphatic heterocycles. The molecule has 80 valence electrons. The van der Waals surface area contributed by atoms with Gasteiger partial charge in [0.2, 0.25) is 0 Å². The van der Waals surface area contributed by atoms with Gasteiger partial charge < -0.3 is 5.73 Å². The van der Waals surface area contributed by atoms with Gasteiger partial charge in [0, 0.05) is 5.69 Å². The minimum Gasteiger partial charge on any atom is -0.322 e. The zero-order chi connectivity index (χ0) is 10.1. The van der Waals surface area contributed by atoms with E-state index in [2.05, 4.69) is 25.8 Å². The predicted molar refractivity (Wildman–Crippen MR) is 62.6 cm³/mol. The highest BCUT2D eigenvalue weighted by Gasteiger charge is 2.23. The number of pyridine rings is 1. The molecule has 3 heteroatoms. The van der Waals surface area contributed by atoms with Gasteiger partial charge in [0.1, 0.15) is 0 Å². The molecule has 14 heavy (non-hydrogen) atoms. The van der Waals surface area contributed by atoms with Gasteiger partial charge in [-0.25, -0.2) is 0 Å². The van der Waals surface area contributed by atoms with Crippen molar-refractivity contribution in [1.29, 1.82) is 0 Å². The number of aryl methyl sites for hydroxylation is 1. The lowest BCUT2D eigenvalue weighted by atomic mass is 9.85. The number of aromatic nitrogens is 1. The van der Waals surface area contributed by atoms with Crippen molar-refractivity contribution >= 4 is 12.4 Å². The molecule has 0 radical (unpaired) electrons. The van der Waals surface area contributed by atoms with E-state index in [1.807, 2.05) is 25.1 Å². The van der Waals surface area contributed by atoms with Crippen molar-refractivity contribution in [2.75, 3.05) is 0 Å². The number of hydrogen-bond donors (Lipinski definition) is 1. The molecule has 0 aliphatic rings. The third-order valence-corrected chi connectivity index (χ3v) is 2.16. The molecule has 0 amide bonds. The Balaban J connectivity index is 0.00000169. The van der Waals surface area contributed by atoms with Crippen LogP contribution in [-0.2, 0) is 0 Å². The highest BCUT2D eigenvalue weighted by Crippen LogP contribution is 2.28. The Hall–Kier alpha value is -0.600. The van der Waals surface area contributed by atoms with Crippen molar-refractivity contribution in [2.45, 2.75) is 33.7 Å². The number of rotatable bonds is 1. The summed E-state index contributed by atoms with van der Waals surface area (Å²) in [4.78, 5) is 4.41. The van der Waals surface area contributed by atoms with Crippen molar-refractivity contribution in [3.8, 4) is 0 Å².